The van der Waals surface area contributed by atoms with Crippen molar-refractivity contribution in [2.45, 2.75) is 25.7 Å². The third-order valence-corrected chi connectivity index (χ3v) is 2.22. The molecule has 12 heavy (non-hydrogen) atoms. The summed E-state index contributed by atoms with van der Waals surface area (Å²) in [4.78, 5) is 0. The van der Waals surface area contributed by atoms with Crippen LogP contribution in [-0.4, -0.2) is 10.2 Å². The highest BCUT2D eigenvalue weighted by atomic mass is 15.3. The van der Waals surface area contributed by atoms with E-state index in [-0.39, 0.29) is 0 Å². The molecule has 64 valence electrons. The van der Waals surface area contributed by atoms with Gasteiger partial charge in [-0.2, -0.15) is 5.10 Å². The Morgan fingerprint density at radius 3 is 2.92 bits per heavy atom. The highest BCUT2D eigenvalue weighted by molar-refractivity contribution is 5.37. The van der Waals surface area contributed by atoms with E-state index in [1.807, 2.05) is 6.07 Å². The van der Waals surface area contributed by atoms with Gasteiger partial charge in [0.2, 0.25) is 0 Å². The van der Waals surface area contributed by atoms with Gasteiger partial charge in [-0.25, -0.2) is 5.84 Å². The minimum absolute atomic E-state index is 0.663. The molecule has 0 radical (unpaired) electrons. The van der Waals surface area contributed by atoms with Crippen molar-refractivity contribution in [1.82, 2.24) is 10.2 Å². The van der Waals surface area contributed by atoms with Gasteiger partial charge in [-0.3, -0.25) is 0 Å². The lowest BCUT2D eigenvalue weighted by atomic mass is 9.97. The lowest BCUT2D eigenvalue weighted by molar-refractivity contribution is 0.655. The van der Waals surface area contributed by atoms with Crippen LogP contribution in [0.25, 0.3) is 0 Å². The monoisotopic (exact) mass is 164 g/mol. The molecule has 1 aromatic rings. The molecule has 0 bridgehead atoms. The number of nitrogens with one attached hydrogen (secondary N) is 1. The fourth-order valence-corrected chi connectivity index (χ4v) is 1.56. The van der Waals surface area contributed by atoms with Gasteiger partial charge in [0.15, 0.2) is 5.82 Å². The van der Waals surface area contributed by atoms with Crippen molar-refractivity contribution in [3.05, 3.63) is 17.3 Å². The van der Waals surface area contributed by atoms with Crippen molar-refractivity contribution < 1.29 is 0 Å². The van der Waals surface area contributed by atoms with Crippen molar-refractivity contribution >= 4 is 5.82 Å². The molecule has 0 spiro atoms. The number of rotatable bonds is 1. The maximum Gasteiger partial charge on any atom is 0.162 e. The van der Waals surface area contributed by atoms with E-state index in [1.165, 1.54) is 18.4 Å². The number of nitrogen functional groups attached to an aromatic ring is 1. The molecule has 3 N–H and O–H groups in total. The quantitative estimate of drug-likeness (QED) is 0.472. The molecule has 0 aliphatic heterocycles. The molecule has 0 aromatic carbocycles. The third-order valence-electron chi connectivity index (χ3n) is 2.22. The summed E-state index contributed by atoms with van der Waals surface area (Å²) in [6.07, 6.45) is 4.66. The van der Waals surface area contributed by atoms with Crippen LogP contribution in [0, 0.1) is 0 Å². The fourth-order valence-electron chi connectivity index (χ4n) is 1.56. The molecule has 4 nitrogen and oxygen atoms in total. The Kier molecular flexibility index (Phi) is 1.91. The second kappa shape index (κ2) is 3.06. The molecule has 0 fully saturated rings. The number of hydrogen-bond acceptors (Lipinski definition) is 4. The third kappa shape index (κ3) is 1.25. The van der Waals surface area contributed by atoms with E-state index in [0.717, 1.165) is 18.5 Å². The highest BCUT2D eigenvalue weighted by Gasteiger charge is 2.11. The Morgan fingerprint density at radius 1 is 1.25 bits per heavy atom. The number of fused-ring (bicyclic) bond motifs is 1. The van der Waals surface area contributed by atoms with E-state index in [1.54, 1.807) is 0 Å². The van der Waals surface area contributed by atoms with Crippen LogP contribution in [0.1, 0.15) is 24.1 Å². The van der Waals surface area contributed by atoms with Gasteiger partial charge in [0.1, 0.15) is 0 Å². The Morgan fingerprint density at radius 2 is 2.08 bits per heavy atom. The average molecular weight is 164 g/mol. The molecule has 0 saturated heterocycles. The van der Waals surface area contributed by atoms with Crippen molar-refractivity contribution in [2.24, 2.45) is 5.84 Å². The summed E-state index contributed by atoms with van der Waals surface area (Å²) >= 11 is 0. The van der Waals surface area contributed by atoms with Gasteiger partial charge in [-0.1, -0.05) is 0 Å². The summed E-state index contributed by atoms with van der Waals surface area (Å²) in [6, 6.07) is 1.99. The zero-order valence-electron chi connectivity index (χ0n) is 6.88. The molecule has 0 saturated carbocycles. The summed E-state index contributed by atoms with van der Waals surface area (Å²) in [6.45, 7) is 0. The molecular formula is C8H12N4. The minimum atomic E-state index is 0.663. The number of anilines is 1. The molecule has 4 heteroatoms. The lowest BCUT2D eigenvalue weighted by Crippen LogP contribution is -2.13. The number of aryl methyl sites for hydroxylation is 2. The lowest BCUT2D eigenvalue weighted by Gasteiger charge is -2.13. The Hall–Kier alpha value is -1.16. The van der Waals surface area contributed by atoms with E-state index in [9.17, 15) is 0 Å². The summed E-state index contributed by atoms with van der Waals surface area (Å²) in [7, 11) is 0. The Bertz CT molecular complexity index is 284. The van der Waals surface area contributed by atoms with Crippen LogP contribution in [0.3, 0.4) is 0 Å². The molecule has 1 aromatic heterocycles. The van der Waals surface area contributed by atoms with E-state index in [2.05, 4.69) is 15.6 Å². The van der Waals surface area contributed by atoms with Gasteiger partial charge < -0.3 is 5.43 Å². The molecule has 1 heterocycles. The second-order valence-corrected chi connectivity index (χ2v) is 3.05. The van der Waals surface area contributed by atoms with Crippen LogP contribution in [-0.2, 0) is 12.8 Å². The summed E-state index contributed by atoms with van der Waals surface area (Å²) in [5.74, 6) is 5.89. The van der Waals surface area contributed by atoms with Gasteiger partial charge in [0, 0.05) is 0 Å². The number of nitrogens with zero attached hydrogens (tertiary/aromatic N) is 2. The van der Waals surface area contributed by atoms with Crippen LogP contribution in [0.4, 0.5) is 5.82 Å². The van der Waals surface area contributed by atoms with E-state index in [4.69, 9.17) is 5.84 Å². The Labute approximate surface area is 71.2 Å². The van der Waals surface area contributed by atoms with E-state index in [0.29, 0.717) is 5.82 Å². The zero-order valence-corrected chi connectivity index (χ0v) is 6.88. The van der Waals surface area contributed by atoms with Crippen molar-refractivity contribution in [1.29, 1.82) is 0 Å². The number of hydrazine groups is 1. The van der Waals surface area contributed by atoms with Crippen LogP contribution in [0.2, 0.25) is 0 Å². The van der Waals surface area contributed by atoms with Crippen molar-refractivity contribution in [3.8, 4) is 0 Å². The second-order valence-electron chi connectivity index (χ2n) is 3.05. The van der Waals surface area contributed by atoms with Crippen molar-refractivity contribution in [3.63, 3.8) is 0 Å². The molecule has 1 aliphatic rings. The van der Waals surface area contributed by atoms with E-state index >= 15 is 0 Å². The largest absolute Gasteiger partial charge is 0.307 e. The van der Waals surface area contributed by atoms with Crippen molar-refractivity contribution in [2.75, 3.05) is 5.43 Å². The maximum atomic E-state index is 5.23. The summed E-state index contributed by atoms with van der Waals surface area (Å²) < 4.78 is 0. The fraction of sp³-hybridized carbons (Fsp3) is 0.500. The topological polar surface area (TPSA) is 63.8 Å². The molecule has 0 amide bonds. The average Bonchev–Trinajstić information content (AvgIpc) is 2.17. The maximum absolute atomic E-state index is 5.23. The molecular weight excluding hydrogens is 152 g/mol. The van der Waals surface area contributed by atoms with Crippen LogP contribution in [0.15, 0.2) is 6.07 Å². The van der Waals surface area contributed by atoms with Gasteiger partial charge >= 0.3 is 0 Å². The minimum Gasteiger partial charge on any atom is -0.307 e. The first-order chi connectivity index (χ1) is 5.90. The Balaban J connectivity index is 2.36. The number of hydrogen-bond donors (Lipinski definition) is 2. The smallest absolute Gasteiger partial charge is 0.162 e. The first kappa shape index (κ1) is 7.49. The zero-order chi connectivity index (χ0) is 8.39. The van der Waals surface area contributed by atoms with Gasteiger partial charge in [-0.05, 0) is 37.3 Å². The van der Waals surface area contributed by atoms with Gasteiger partial charge in [-0.15, -0.1) is 5.10 Å². The molecule has 1 aliphatic carbocycles. The SMILES string of the molecule is NNc1cc2c(nn1)CCCC2. The van der Waals surface area contributed by atoms with Crippen LogP contribution in [0.5, 0.6) is 0 Å². The van der Waals surface area contributed by atoms with E-state index < -0.39 is 0 Å². The molecule has 0 unspecified atom stereocenters. The van der Waals surface area contributed by atoms with Gasteiger partial charge in [0.25, 0.3) is 0 Å². The molecule has 0 atom stereocenters. The van der Waals surface area contributed by atoms with Gasteiger partial charge in [0.05, 0.1) is 5.69 Å². The first-order valence-corrected chi connectivity index (χ1v) is 4.22. The number of nitrogens with two attached hydrogens (primary N) is 1. The summed E-state index contributed by atoms with van der Waals surface area (Å²) in [5.41, 5.74) is 4.94. The predicted molar refractivity (Wildman–Crippen MR) is 46.5 cm³/mol. The highest BCUT2D eigenvalue weighted by Crippen LogP contribution is 2.19. The normalized spacial score (nSPS) is 15.4. The predicted octanol–water partition coefficient (Wildman–Crippen LogP) is 0.641. The molecule has 2 rings (SSSR count). The number of aromatic nitrogens is 2. The first-order valence-electron chi connectivity index (χ1n) is 4.22. The van der Waals surface area contributed by atoms with Crippen LogP contribution < -0.4 is 11.3 Å². The summed E-state index contributed by atoms with van der Waals surface area (Å²) in [5, 5.41) is 8.02. The van der Waals surface area contributed by atoms with Crippen LogP contribution >= 0.6 is 0 Å². The standard InChI is InChI=1S/C8H12N4/c9-10-8-5-6-3-1-2-4-7(6)11-12-8/h5H,1-4,9H2,(H,10,12).